The summed E-state index contributed by atoms with van der Waals surface area (Å²) in [5, 5.41) is 9.60. The molecule has 0 spiro atoms. The van der Waals surface area contributed by atoms with Crippen molar-refractivity contribution >= 4 is 27.7 Å². The van der Waals surface area contributed by atoms with Gasteiger partial charge in [-0.1, -0.05) is 24.3 Å². The maximum absolute atomic E-state index is 12.5. The highest BCUT2D eigenvalue weighted by Crippen LogP contribution is 2.29. The molecule has 0 saturated carbocycles. The SMILES string of the molecule is COCCN(C)C(=O)c1ccc2cc(-c3n[nH]c4ccccc34)[nH]c2c1. The van der Waals surface area contributed by atoms with Gasteiger partial charge in [-0.3, -0.25) is 9.89 Å². The second kappa shape index (κ2) is 6.65. The van der Waals surface area contributed by atoms with Gasteiger partial charge < -0.3 is 14.6 Å². The first-order valence-corrected chi connectivity index (χ1v) is 8.48. The molecule has 4 aromatic rings. The Kier molecular flexibility index (Phi) is 4.18. The van der Waals surface area contributed by atoms with Crippen molar-refractivity contribution in [3.63, 3.8) is 0 Å². The zero-order valence-corrected chi connectivity index (χ0v) is 14.7. The second-order valence-electron chi connectivity index (χ2n) is 6.32. The van der Waals surface area contributed by atoms with E-state index in [4.69, 9.17) is 4.74 Å². The number of aromatic nitrogens is 3. The van der Waals surface area contributed by atoms with Crippen molar-refractivity contribution in [3.05, 3.63) is 54.1 Å². The number of fused-ring (bicyclic) bond motifs is 2. The number of benzene rings is 2. The zero-order chi connectivity index (χ0) is 18.1. The summed E-state index contributed by atoms with van der Waals surface area (Å²) in [6.07, 6.45) is 0. The van der Waals surface area contributed by atoms with E-state index in [0.29, 0.717) is 18.7 Å². The van der Waals surface area contributed by atoms with Crippen molar-refractivity contribution in [1.29, 1.82) is 0 Å². The Hall–Kier alpha value is -3.12. The third-order valence-corrected chi connectivity index (χ3v) is 4.57. The number of hydrogen-bond donors (Lipinski definition) is 2. The van der Waals surface area contributed by atoms with Crippen LogP contribution in [-0.4, -0.2) is 53.3 Å². The molecule has 0 aliphatic heterocycles. The van der Waals surface area contributed by atoms with Crippen molar-refractivity contribution in [1.82, 2.24) is 20.1 Å². The molecule has 0 unspecified atom stereocenters. The number of rotatable bonds is 5. The fraction of sp³-hybridized carbons (Fsp3) is 0.200. The van der Waals surface area contributed by atoms with Gasteiger partial charge >= 0.3 is 0 Å². The number of H-pyrrole nitrogens is 2. The maximum Gasteiger partial charge on any atom is 0.253 e. The summed E-state index contributed by atoms with van der Waals surface area (Å²) in [5.74, 6) is -0.0229. The third-order valence-electron chi connectivity index (χ3n) is 4.57. The summed E-state index contributed by atoms with van der Waals surface area (Å²) in [4.78, 5) is 17.6. The molecule has 2 aromatic heterocycles. The predicted octanol–water partition coefficient (Wildman–Crippen LogP) is 3.43. The molecule has 0 aliphatic rings. The molecule has 4 rings (SSSR count). The van der Waals surface area contributed by atoms with Gasteiger partial charge in [-0.2, -0.15) is 5.10 Å². The number of aromatic amines is 2. The minimum absolute atomic E-state index is 0.0229. The van der Waals surface area contributed by atoms with Crippen molar-refractivity contribution in [2.24, 2.45) is 0 Å². The van der Waals surface area contributed by atoms with E-state index < -0.39 is 0 Å². The number of carbonyl (C=O) groups is 1. The predicted molar refractivity (Wildman–Crippen MR) is 102 cm³/mol. The quantitative estimate of drug-likeness (QED) is 0.580. The number of carbonyl (C=O) groups excluding carboxylic acids is 1. The molecule has 26 heavy (non-hydrogen) atoms. The summed E-state index contributed by atoms with van der Waals surface area (Å²) >= 11 is 0. The molecule has 0 atom stereocenters. The summed E-state index contributed by atoms with van der Waals surface area (Å²) in [5.41, 5.74) is 4.36. The van der Waals surface area contributed by atoms with Gasteiger partial charge in [0, 0.05) is 42.6 Å². The summed E-state index contributed by atoms with van der Waals surface area (Å²) in [6, 6.07) is 15.8. The van der Waals surface area contributed by atoms with Crippen LogP contribution in [0.4, 0.5) is 0 Å². The molecule has 2 N–H and O–H groups in total. The van der Waals surface area contributed by atoms with Crippen molar-refractivity contribution in [2.75, 3.05) is 27.3 Å². The number of methoxy groups -OCH3 is 1. The highest BCUT2D eigenvalue weighted by Gasteiger charge is 2.14. The summed E-state index contributed by atoms with van der Waals surface area (Å²) in [7, 11) is 3.41. The standard InChI is InChI=1S/C20H20N4O2/c1-24(9-10-26-2)20(25)14-8-7-13-11-18(21-17(13)12-14)19-15-5-3-4-6-16(15)22-23-19/h3-8,11-12,21H,9-10H2,1-2H3,(H,22,23). The highest BCUT2D eigenvalue weighted by molar-refractivity contribution is 6.00. The lowest BCUT2D eigenvalue weighted by molar-refractivity contribution is 0.0744. The molecule has 132 valence electrons. The van der Waals surface area contributed by atoms with Gasteiger partial charge in [0.1, 0.15) is 5.69 Å². The van der Waals surface area contributed by atoms with E-state index >= 15 is 0 Å². The van der Waals surface area contributed by atoms with Gasteiger partial charge in [-0.05, 0) is 24.3 Å². The molecule has 6 nitrogen and oxygen atoms in total. The van der Waals surface area contributed by atoms with Gasteiger partial charge in [-0.25, -0.2) is 0 Å². The van der Waals surface area contributed by atoms with Crippen LogP contribution in [0.3, 0.4) is 0 Å². The van der Waals surface area contributed by atoms with Gasteiger partial charge in [-0.15, -0.1) is 0 Å². The normalized spacial score (nSPS) is 11.3. The second-order valence-corrected chi connectivity index (χ2v) is 6.32. The average molecular weight is 348 g/mol. The van der Waals surface area contributed by atoms with Crippen LogP contribution in [0.1, 0.15) is 10.4 Å². The Balaban J connectivity index is 1.69. The van der Waals surface area contributed by atoms with Gasteiger partial charge in [0.25, 0.3) is 5.91 Å². The summed E-state index contributed by atoms with van der Waals surface area (Å²) in [6.45, 7) is 1.08. The van der Waals surface area contributed by atoms with Crippen LogP contribution in [0.2, 0.25) is 0 Å². The Labute approximate surface area is 150 Å². The molecule has 2 aromatic carbocycles. The van der Waals surface area contributed by atoms with Gasteiger partial charge in [0.15, 0.2) is 0 Å². The Morgan fingerprint density at radius 3 is 2.85 bits per heavy atom. The van der Waals surface area contributed by atoms with Crippen LogP contribution in [0.15, 0.2) is 48.5 Å². The van der Waals surface area contributed by atoms with Crippen LogP contribution < -0.4 is 0 Å². The molecule has 0 aliphatic carbocycles. The number of ether oxygens (including phenoxy) is 1. The minimum Gasteiger partial charge on any atom is -0.383 e. The number of amides is 1. The first-order valence-electron chi connectivity index (χ1n) is 8.48. The Morgan fingerprint density at radius 2 is 2.00 bits per heavy atom. The smallest absolute Gasteiger partial charge is 0.253 e. The van der Waals surface area contributed by atoms with E-state index in [2.05, 4.69) is 21.2 Å². The molecule has 0 saturated heterocycles. The van der Waals surface area contributed by atoms with Crippen LogP contribution in [-0.2, 0) is 4.74 Å². The number of para-hydroxylation sites is 1. The largest absolute Gasteiger partial charge is 0.383 e. The maximum atomic E-state index is 12.5. The molecule has 2 heterocycles. The minimum atomic E-state index is -0.0229. The monoisotopic (exact) mass is 348 g/mol. The summed E-state index contributed by atoms with van der Waals surface area (Å²) < 4.78 is 5.04. The third kappa shape index (κ3) is 2.84. The van der Waals surface area contributed by atoms with E-state index in [1.165, 1.54) is 0 Å². The van der Waals surface area contributed by atoms with E-state index in [1.807, 2.05) is 42.5 Å². The number of hydrogen-bond acceptors (Lipinski definition) is 3. The van der Waals surface area contributed by atoms with E-state index in [9.17, 15) is 4.79 Å². The fourth-order valence-corrected chi connectivity index (χ4v) is 3.11. The first kappa shape index (κ1) is 16.4. The molecule has 0 bridgehead atoms. The first-order chi connectivity index (χ1) is 12.7. The number of likely N-dealkylation sites (N-methyl/N-ethyl adjacent to an activating group) is 1. The van der Waals surface area contributed by atoms with Crippen molar-refractivity contribution in [2.45, 2.75) is 0 Å². The average Bonchev–Trinajstić information content (AvgIpc) is 3.28. The molecular weight excluding hydrogens is 328 g/mol. The number of nitrogens with zero attached hydrogens (tertiary/aromatic N) is 2. The van der Waals surface area contributed by atoms with E-state index in [1.54, 1.807) is 19.1 Å². The Bertz CT molecular complexity index is 1080. The van der Waals surface area contributed by atoms with Crippen LogP contribution >= 0.6 is 0 Å². The molecule has 1 amide bonds. The molecule has 6 heteroatoms. The zero-order valence-electron chi connectivity index (χ0n) is 14.7. The Morgan fingerprint density at radius 1 is 1.15 bits per heavy atom. The van der Waals surface area contributed by atoms with Crippen molar-refractivity contribution < 1.29 is 9.53 Å². The lowest BCUT2D eigenvalue weighted by atomic mass is 10.1. The van der Waals surface area contributed by atoms with Gasteiger partial charge in [0.05, 0.1) is 17.8 Å². The van der Waals surface area contributed by atoms with Crippen LogP contribution in [0, 0.1) is 0 Å². The van der Waals surface area contributed by atoms with E-state index in [-0.39, 0.29) is 5.91 Å². The topological polar surface area (TPSA) is 74.0 Å². The highest BCUT2D eigenvalue weighted by atomic mass is 16.5. The number of nitrogens with one attached hydrogen (secondary N) is 2. The van der Waals surface area contributed by atoms with E-state index in [0.717, 1.165) is 33.2 Å². The van der Waals surface area contributed by atoms with Gasteiger partial charge in [0.2, 0.25) is 0 Å². The van der Waals surface area contributed by atoms with Crippen molar-refractivity contribution in [3.8, 4) is 11.4 Å². The lowest BCUT2D eigenvalue weighted by Gasteiger charge is -2.16. The fourth-order valence-electron chi connectivity index (χ4n) is 3.11. The van der Waals surface area contributed by atoms with Crippen LogP contribution in [0.25, 0.3) is 33.2 Å². The molecule has 0 fully saturated rings. The lowest BCUT2D eigenvalue weighted by Crippen LogP contribution is -2.29. The van der Waals surface area contributed by atoms with Crippen LogP contribution in [0.5, 0.6) is 0 Å². The molecule has 0 radical (unpaired) electrons. The molecular formula is C20H20N4O2.